The van der Waals surface area contributed by atoms with Crippen molar-refractivity contribution in [3.63, 3.8) is 0 Å². The first kappa shape index (κ1) is 14.4. The molecule has 3 unspecified atom stereocenters. The van der Waals surface area contributed by atoms with Crippen LogP contribution >= 0.6 is 0 Å². The van der Waals surface area contributed by atoms with Crippen LogP contribution in [0.15, 0.2) is 24.3 Å². The summed E-state index contributed by atoms with van der Waals surface area (Å²) in [5.41, 5.74) is 1.34. The summed E-state index contributed by atoms with van der Waals surface area (Å²) >= 11 is 0. The van der Waals surface area contributed by atoms with Gasteiger partial charge in [-0.25, -0.2) is 0 Å². The van der Waals surface area contributed by atoms with E-state index in [-0.39, 0.29) is 0 Å². The lowest BCUT2D eigenvalue weighted by atomic mass is 10.0. The zero-order chi connectivity index (χ0) is 13.7. The average Bonchev–Trinajstić information content (AvgIpc) is 2.83. The first-order chi connectivity index (χ1) is 9.19. The van der Waals surface area contributed by atoms with Crippen LogP contribution in [0.25, 0.3) is 0 Å². The van der Waals surface area contributed by atoms with Gasteiger partial charge in [0.15, 0.2) is 0 Å². The van der Waals surface area contributed by atoms with Crippen molar-refractivity contribution in [1.29, 1.82) is 0 Å². The monoisotopic (exact) mass is 261 g/mol. The lowest BCUT2D eigenvalue weighted by Gasteiger charge is -2.18. The molecule has 2 rings (SSSR count). The molecule has 0 saturated heterocycles. The molecule has 1 N–H and O–H groups in total. The third-order valence-electron chi connectivity index (χ3n) is 4.21. The Labute approximate surface area is 117 Å². The zero-order valence-corrected chi connectivity index (χ0v) is 12.5. The van der Waals surface area contributed by atoms with Crippen molar-refractivity contribution in [2.75, 3.05) is 13.2 Å². The van der Waals surface area contributed by atoms with Gasteiger partial charge in [-0.3, -0.25) is 0 Å². The van der Waals surface area contributed by atoms with E-state index in [1.807, 2.05) is 6.92 Å². The summed E-state index contributed by atoms with van der Waals surface area (Å²) in [5.74, 6) is 2.76. The summed E-state index contributed by atoms with van der Waals surface area (Å²) in [4.78, 5) is 0. The third-order valence-corrected chi connectivity index (χ3v) is 4.21. The number of hydrogen-bond donors (Lipinski definition) is 1. The van der Waals surface area contributed by atoms with Crippen LogP contribution in [0.4, 0.5) is 0 Å². The second-order valence-corrected chi connectivity index (χ2v) is 5.92. The molecule has 2 heteroatoms. The van der Waals surface area contributed by atoms with Crippen molar-refractivity contribution in [3.8, 4) is 5.75 Å². The molecule has 0 spiro atoms. The molecular formula is C17H27NO. The fraction of sp³-hybridized carbons (Fsp3) is 0.647. The van der Waals surface area contributed by atoms with E-state index in [0.717, 1.165) is 30.7 Å². The summed E-state index contributed by atoms with van der Waals surface area (Å²) < 4.78 is 5.47. The van der Waals surface area contributed by atoms with Crippen LogP contribution in [0.2, 0.25) is 0 Å². The minimum atomic E-state index is 0.423. The van der Waals surface area contributed by atoms with Crippen LogP contribution in [0.3, 0.4) is 0 Å². The van der Waals surface area contributed by atoms with Crippen molar-refractivity contribution in [2.45, 2.75) is 46.1 Å². The minimum Gasteiger partial charge on any atom is -0.494 e. The van der Waals surface area contributed by atoms with Gasteiger partial charge in [0.2, 0.25) is 0 Å². The first-order valence-electron chi connectivity index (χ1n) is 7.65. The molecule has 1 aliphatic rings. The van der Waals surface area contributed by atoms with Crippen molar-refractivity contribution < 1.29 is 4.74 Å². The average molecular weight is 261 g/mol. The number of nitrogens with one attached hydrogen (secondary N) is 1. The molecule has 0 amide bonds. The fourth-order valence-electron chi connectivity index (χ4n) is 2.99. The number of rotatable bonds is 6. The topological polar surface area (TPSA) is 21.3 Å². The quantitative estimate of drug-likeness (QED) is 0.829. The Kier molecular flexibility index (Phi) is 5.26. The third kappa shape index (κ3) is 4.24. The molecule has 1 saturated carbocycles. The van der Waals surface area contributed by atoms with Crippen LogP contribution in [0.5, 0.6) is 5.75 Å². The molecule has 0 aromatic heterocycles. The Bertz CT molecular complexity index is 373. The van der Waals surface area contributed by atoms with E-state index >= 15 is 0 Å². The highest BCUT2D eigenvalue weighted by Crippen LogP contribution is 2.30. The Hall–Kier alpha value is -1.02. The maximum Gasteiger partial charge on any atom is 0.119 e. The molecule has 1 fully saturated rings. The second kappa shape index (κ2) is 6.95. The molecule has 0 aliphatic heterocycles. The smallest absolute Gasteiger partial charge is 0.119 e. The van der Waals surface area contributed by atoms with E-state index in [9.17, 15) is 0 Å². The molecule has 106 valence electrons. The number of hydrogen-bond acceptors (Lipinski definition) is 2. The first-order valence-corrected chi connectivity index (χ1v) is 7.65. The van der Waals surface area contributed by atoms with Crippen LogP contribution < -0.4 is 10.1 Å². The summed E-state index contributed by atoms with van der Waals surface area (Å²) in [5, 5.41) is 3.67. The van der Waals surface area contributed by atoms with Gasteiger partial charge in [0, 0.05) is 6.04 Å². The Morgan fingerprint density at radius 2 is 2.00 bits per heavy atom. The van der Waals surface area contributed by atoms with Crippen LogP contribution in [-0.2, 0) is 0 Å². The van der Waals surface area contributed by atoms with Gasteiger partial charge in [-0.1, -0.05) is 25.5 Å². The van der Waals surface area contributed by atoms with E-state index in [4.69, 9.17) is 4.74 Å². The van der Waals surface area contributed by atoms with Crippen molar-refractivity contribution in [1.82, 2.24) is 5.32 Å². The largest absolute Gasteiger partial charge is 0.494 e. The summed E-state index contributed by atoms with van der Waals surface area (Å²) in [6.45, 7) is 8.51. The van der Waals surface area contributed by atoms with Gasteiger partial charge in [-0.15, -0.1) is 0 Å². The molecule has 0 radical (unpaired) electrons. The predicted octanol–water partition coefficient (Wildman–Crippen LogP) is 4.17. The summed E-state index contributed by atoms with van der Waals surface area (Å²) in [7, 11) is 0. The fourth-order valence-corrected chi connectivity index (χ4v) is 2.99. The molecule has 1 aromatic carbocycles. The van der Waals surface area contributed by atoms with Gasteiger partial charge in [0.25, 0.3) is 0 Å². The van der Waals surface area contributed by atoms with Gasteiger partial charge in [-0.2, -0.15) is 0 Å². The van der Waals surface area contributed by atoms with Crippen LogP contribution in [-0.4, -0.2) is 13.2 Å². The standard InChI is InChI=1S/C17H27NO/c1-4-19-17-9-7-16(8-10-17)14(3)18-12-15-6-5-13(2)11-15/h7-10,13-15,18H,4-6,11-12H2,1-3H3. The van der Waals surface area contributed by atoms with E-state index < -0.39 is 0 Å². The summed E-state index contributed by atoms with van der Waals surface area (Å²) in [6, 6.07) is 8.88. The Morgan fingerprint density at radius 1 is 1.26 bits per heavy atom. The normalized spacial score (nSPS) is 24.4. The molecule has 1 aromatic rings. The van der Waals surface area contributed by atoms with Crippen molar-refractivity contribution in [3.05, 3.63) is 29.8 Å². The molecule has 3 atom stereocenters. The second-order valence-electron chi connectivity index (χ2n) is 5.92. The van der Waals surface area contributed by atoms with E-state index in [0.29, 0.717) is 6.04 Å². The highest BCUT2D eigenvalue weighted by Gasteiger charge is 2.21. The number of benzene rings is 1. The molecule has 1 aliphatic carbocycles. The maximum absolute atomic E-state index is 5.47. The lowest BCUT2D eigenvalue weighted by Crippen LogP contribution is -2.24. The molecule has 0 bridgehead atoms. The molecule has 2 nitrogen and oxygen atoms in total. The van der Waals surface area contributed by atoms with Crippen LogP contribution in [0.1, 0.15) is 51.6 Å². The Balaban J connectivity index is 1.80. The maximum atomic E-state index is 5.47. The minimum absolute atomic E-state index is 0.423. The molecule has 19 heavy (non-hydrogen) atoms. The molecule has 0 heterocycles. The lowest BCUT2D eigenvalue weighted by molar-refractivity contribution is 0.340. The van der Waals surface area contributed by atoms with Gasteiger partial charge in [0.05, 0.1) is 6.61 Å². The van der Waals surface area contributed by atoms with Crippen molar-refractivity contribution >= 4 is 0 Å². The van der Waals surface area contributed by atoms with Gasteiger partial charge >= 0.3 is 0 Å². The van der Waals surface area contributed by atoms with Gasteiger partial charge in [0.1, 0.15) is 5.75 Å². The van der Waals surface area contributed by atoms with Crippen molar-refractivity contribution in [2.24, 2.45) is 11.8 Å². The van der Waals surface area contributed by atoms with Gasteiger partial charge in [-0.05, 0) is 62.8 Å². The van der Waals surface area contributed by atoms with Crippen LogP contribution in [0, 0.1) is 11.8 Å². The van der Waals surface area contributed by atoms with E-state index in [1.54, 1.807) is 0 Å². The van der Waals surface area contributed by atoms with E-state index in [2.05, 4.69) is 43.4 Å². The number of ether oxygens (including phenoxy) is 1. The van der Waals surface area contributed by atoms with Gasteiger partial charge < -0.3 is 10.1 Å². The summed E-state index contributed by atoms with van der Waals surface area (Å²) in [6.07, 6.45) is 4.19. The highest BCUT2D eigenvalue weighted by atomic mass is 16.5. The molecular weight excluding hydrogens is 234 g/mol. The highest BCUT2D eigenvalue weighted by molar-refractivity contribution is 5.28. The zero-order valence-electron chi connectivity index (χ0n) is 12.5. The van der Waals surface area contributed by atoms with E-state index in [1.165, 1.54) is 24.8 Å². The predicted molar refractivity (Wildman–Crippen MR) is 80.5 cm³/mol. The SMILES string of the molecule is CCOc1ccc(C(C)NCC2CCC(C)C2)cc1. The Morgan fingerprint density at radius 3 is 2.58 bits per heavy atom.